The standard InChI is InChI=1S/C14H19F3N2O2S/c1-9(22(5,21)19-12(20)13(2,3)4)10-6-7-11(18-8-10)14(15,16)17/h6-9H,1-5H3. The molecule has 0 N–H and O–H groups in total. The van der Waals surface area contributed by atoms with Crippen molar-refractivity contribution in [2.75, 3.05) is 6.26 Å². The molecule has 0 aliphatic rings. The molecular weight excluding hydrogens is 317 g/mol. The van der Waals surface area contributed by atoms with Gasteiger partial charge in [0.1, 0.15) is 5.69 Å². The summed E-state index contributed by atoms with van der Waals surface area (Å²) in [6.45, 7) is 6.50. The van der Waals surface area contributed by atoms with Crippen LogP contribution in [-0.2, 0) is 20.7 Å². The Morgan fingerprint density at radius 1 is 1.27 bits per heavy atom. The van der Waals surface area contributed by atoms with Crippen LogP contribution in [0.1, 0.15) is 44.2 Å². The summed E-state index contributed by atoms with van der Waals surface area (Å²) in [6, 6.07) is 2.04. The largest absolute Gasteiger partial charge is 0.433 e. The molecule has 0 saturated carbocycles. The van der Waals surface area contributed by atoms with E-state index in [1.54, 1.807) is 27.7 Å². The summed E-state index contributed by atoms with van der Waals surface area (Å²) < 4.78 is 53.8. The van der Waals surface area contributed by atoms with E-state index >= 15 is 0 Å². The van der Waals surface area contributed by atoms with Crippen LogP contribution in [0.4, 0.5) is 13.2 Å². The van der Waals surface area contributed by atoms with E-state index in [2.05, 4.69) is 9.35 Å². The highest BCUT2D eigenvalue weighted by Gasteiger charge is 2.32. The Balaban J connectivity index is 3.15. The maximum atomic E-state index is 12.6. The molecular formula is C14H19F3N2O2S. The minimum Gasteiger partial charge on any atom is -0.271 e. The first-order chi connectivity index (χ1) is 9.75. The predicted octanol–water partition coefficient (Wildman–Crippen LogP) is 3.83. The molecule has 22 heavy (non-hydrogen) atoms. The van der Waals surface area contributed by atoms with Crippen molar-refractivity contribution in [1.29, 1.82) is 0 Å². The van der Waals surface area contributed by atoms with Crippen LogP contribution in [0.25, 0.3) is 0 Å². The average molecular weight is 336 g/mol. The molecule has 1 aromatic rings. The van der Waals surface area contributed by atoms with Crippen molar-refractivity contribution in [3.8, 4) is 0 Å². The van der Waals surface area contributed by atoms with E-state index in [9.17, 15) is 22.2 Å². The maximum Gasteiger partial charge on any atom is 0.433 e. The molecule has 0 aromatic carbocycles. The summed E-state index contributed by atoms with van der Waals surface area (Å²) in [7, 11) is -2.94. The van der Waals surface area contributed by atoms with Crippen molar-refractivity contribution in [3.05, 3.63) is 29.6 Å². The topological polar surface area (TPSA) is 59.4 Å². The average Bonchev–Trinajstić information content (AvgIpc) is 2.35. The lowest BCUT2D eigenvalue weighted by Gasteiger charge is -2.17. The molecule has 0 fully saturated rings. The van der Waals surface area contributed by atoms with Gasteiger partial charge >= 0.3 is 6.18 Å². The van der Waals surface area contributed by atoms with Gasteiger partial charge in [-0.1, -0.05) is 26.8 Å². The monoisotopic (exact) mass is 336 g/mol. The van der Waals surface area contributed by atoms with Crippen LogP contribution < -0.4 is 0 Å². The summed E-state index contributed by atoms with van der Waals surface area (Å²) in [6.07, 6.45) is -2.19. The van der Waals surface area contributed by atoms with Gasteiger partial charge in [0.2, 0.25) is 0 Å². The Bertz CT molecular complexity index is 667. The summed E-state index contributed by atoms with van der Waals surface area (Å²) in [5.41, 5.74) is -1.45. The molecule has 4 nitrogen and oxygen atoms in total. The van der Waals surface area contributed by atoms with Crippen LogP contribution in [0.3, 0.4) is 0 Å². The maximum absolute atomic E-state index is 12.6. The quantitative estimate of drug-likeness (QED) is 0.824. The van der Waals surface area contributed by atoms with E-state index in [-0.39, 0.29) is 0 Å². The van der Waals surface area contributed by atoms with E-state index in [0.29, 0.717) is 5.56 Å². The number of alkyl halides is 3. The molecule has 2 atom stereocenters. The summed E-state index contributed by atoms with van der Waals surface area (Å²) in [5, 5.41) is -0.714. The smallest absolute Gasteiger partial charge is 0.271 e. The number of amides is 1. The van der Waals surface area contributed by atoms with E-state index in [0.717, 1.165) is 12.3 Å². The van der Waals surface area contributed by atoms with Crippen molar-refractivity contribution in [1.82, 2.24) is 4.98 Å². The fourth-order valence-electron chi connectivity index (χ4n) is 1.45. The molecule has 8 heteroatoms. The van der Waals surface area contributed by atoms with Gasteiger partial charge in [-0.2, -0.15) is 17.5 Å². The van der Waals surface area contributed by atoms with Crippen LogP contribution in [-0.4, -0.2) is 21.4 Å². The van der Waals surface area contributed by atoms with E-state index < -0.39 is 38.2 Å². The Morgan fingerprint density at radius 2 is 1.82 bits per heavy atom. The van der Waals surface area contributed by atoms with E-state index in [1.165, 1.54) is 12.3 Å². The van der Waals surface area contributed by atoms with E-state index in [1.807, 2.05) is 0 Å². The Kier molecular flexibility index (Phi) is 5.06. The zero-order chi connectivity index (χ0) is 17.3. The minimum atomic E-state index is -4.53. The van der Waals surface area contributed by atoms with Crippen LogP contribution in [0.5, 0.6) is 0 Å². The molecule has 0 aliphatic carbocycles. The second-order valence-corrected chi connectivity index (χ2v) is 8.74. The van der Waals surface area contributed by atoms with Gasteiger partial charge in [0.25, 0.3) is 5.91 Å². The summed E-state index contributed by atoms with van der Waals surface area (Å²) >= 11 is 0. The first-order valence-corrected chi connectivity index (χ1v) is 8.52. The lowest BCUT2D eigenvalue weighted by molar-refractivity contribution is -0.141. The van der Waals surface area contributed by atoms with Crippen molar-refractivity contribution in [2.45, 2.75) is 39.1 Å². The van der Waals surface area contributed by atoms with Gasteiger partial charge in [-0.15, -0.1) is 0 Å². The number of nitrogens with zero attached hydrogens (tertiary/aromatic N) is 2. The number of carbonyl (C=O) groups excluding carboxylic acids is 1. The van der Waals surface area contributed by atoms with Gasteiger partial charge in [0.05, 0.1) is 15.0 Å². The Hall–Kier alpha value is -1.44. The molecule has 0 radical (unpaired) electrons. The number of hydrogen-bond acceptors (Lipinski definition) is 3. The summed E-state index contributed by atoms with van der Waals surface area (Å²) in [5.74, 6) is -0.508. The number of rotatable bonds is 2. The number of halogens is 3. The second-order valence-electron chi connectivity index (χ2n) is 6.12. The molecule has 1 heterocycles. The van der Waals surface area contributed by atoms with Crippen molar-refractivity contribution in [3.63, 3.8) is 0 Å². The highest BCUT2D eigenvalue weighted by molar-refractivity contribution is 7.93. The number of pyridine rings is 1. The third kappa shape index (κ3) is 4.53. The van der Waals surface area contributed by atoms with Gasteiger partial charge in [0.15, 0.2) is 0 Å². The molecule has 124 valence electrons. The first kappa shape index (κ1) is 18.6. The molecule has 0 spiro atoms. The molecule has 0 bridgehead atoms. The Labute approximate surface area is 128 Å². The summed E-state index contributed by atoms with van der Waals surface area (Å²) in [4.78, 5) is 15.2. The molecule has 1 aromatic heterocycles. The van der Waals surface area contributed by atoms with Crippen LogP contribution in [0.15, 0.2) is 22.7 Å². The van der Waals surface area contributed by atoms with Crippen molar-refractivity contribution >= 4 is 15.6 Å². The van der Waals surface area contributed by atoms with Crippen LogP contribution in [0.2, 0.25) is 0 Å². The fourth-order valence-corrected chi connectivity index (χ4v) is 2.85. The zero-order valence-corrected chi connectivity index (χ0v) is 13.9. The fraction of sp³-hybridized carbons (Fsp3) is 0.571. The van der Waals surface area contributed by atoms with Crippen molar-refractivity contribution < 1.29 is 22.2 Å². The highest BCUT2D eigenvalue weighted by atomic mass is 32.2. The molecule has 1 rings (SSSR count). The van der Waals surface area contributed by atoms with Gasteiger partial charge in [-0.25, -0.2) is 4.21 Å². The zero-order valence-electron chi connectivity index (χ0n) is 13.1. The van der Waals surface area contributed by atoms with Gasteiger partial charge in [-0.05, 0) is 18.6 Å². The van der Waals surface area contributed by atoms with Crippen LogP contribution in [0, 0.1) is 5.41 Å². The van der Waals surface area contributed by atoms with Gasteiger partial charge in [0, 0.05) is 17.9 Å². The highest BCUT2D eigenvalue weighted by Crippen LogP contribution is 2.30. The molecule has 0 aliphatic heterocycles. The minimum absolute atomic E-state index is 0.339. The number of aromatic nitrogens is 1. The second kappa shape index (κ2) is 5.98. The molecule has 1 amide bonds. The first-order valence-electron chi connectivity index (χ1n) is 6.54. The lowest BCUT2D eigenvalue weighted by atomic mass is 9.96. The van der Waals surface area contributed by atoms with Crippen molar-refractivity contribution in [2.24, 2.45) is 9.78 Å². The number of hydrogen-bond donors (Lipinski definition) is 0. The van der Waals surface area contributed by atoms with Crippen LogP contribution >= 0.6 is 0 Å². The SMILES string of the molecule is CC(c1ccc(C(F)(F)F)nc1)S(C)(=O)=NC(=O)C(C)(C)C. The van der Waals surface area contributed by atoms with Gasteiger partial charge in [-0.3, -0.25) is 9.78 Å². The number of carbonyl (C=O) groups is 1. The molecule has 2 unspecified atom stereocenters. The third-order valence-electron chi connectivity index (χ3n) is 3.11. The van der Waals surface area contributed by atoms with E-state index in [4.69, 9.17) is 0 Å². The Morgan fingerprint density at radius 3 is 2.18 bits per heavy atom. The molecule has 0 saturated heterocycles. The predicted molar refractivity (Wildman–Crippen MR) is 78.6 cm³/mol. The normalized spacial score (nSPS) is 16.7. The lowest BCUT2D eigenvalue weighted by Crippen LogP contribution is -2.21. The van der Waals surface area contributed by atoms with Gasteiger partial charge < -0.3 is 0 Å². The third-order valence-corrected chi connectivity index (χ3v) is 5.22.